The van der Waals surface area contributed by atoms with Crippen LogP contribution in [0.5, 0.6) is 0 Å². The topological polar surface area (TPSA) is 35.5 Å². The number of rotatable bonds is 5. The normalized spacial score (nSPS) is 38.5. The van der Waals surface area contributed by atoms with Crippen molar-refractivity contribution in [1.29, 1.82) is 0 Å². The number of ether oxygens (including phenoxy) is 2. The van der Waals surface area contributed by atoms with Gasteiger partial charge in [0.15, 0.2) is 0 Å². The molecule has 2 fully saturated rings. The van der Waals surface area contributed by atoms with Crippen LogP contribution in [0.4, 0.5) is 0 Å². The molecule has 0 heterocycles. The molecule has 5 atom stereocenters. The van der Waals surface area contributed by atoms with Crippen LogP contribution >= 0.6 is 0 Å². The third-order valence-electron chi connectivity index (χ3n) is 4.94. The number of allylic oxidation sites excluding steroid dienone is 2. The highest BCUT2D eigenvalue weighted by molar-refractivity contribution is 5.86. The Kier molecular flexibility index (Phi) is 3.48. The van der Waals surface area contributed by atoms with Crippen molar-refractivity contribution in [1.82, 2.24) is 0 Å². The molecule has 104 valence electrons. The first-order valence-corrected chi connectivity index (χ1v) is 7.27. The maximum absolute atomic E-state index is 11.2. The fourth-order valence-electron chi connectivity index (χ4n) is 4.14. The van der Waals surface area contributed by atoms with Gasteiger partial charge in [-0.15, -0.1) is 0 Å². The van der Waals surface area contributed by atoms with Crippen molar-refractivity contribution in [3.05, 3.63) is 24.3 Å². The smallest absolute Gasteiger partial charge is 0.333 e. The van der Waals surface area contributed by atoms with E-state index >= 15 is 0 Å². The standard InChI is InChI=1S/C16H22O3/c1-10(2)16(17)19-7-6-18-15-9-11-8-14(15)13-5-3-4-12(11)13/h3-4,11-15H,1,5-9H2,2H3/t11-,12-,13+,14-,15-/m1/s1. The highest BCUT2D eigenvalue weighted by Crippen LogP contribution is 2.57. The summed E-state index contributed by atoms with van der Waals surface area (Å²) < 4.78 is 11.0. The number of fused-ring (bicyclic) bond motifs is 5. The molecule has 0 amide bonds. The second-order valence-corrected chi connectivity index (χ2v) is 6.13. The second-order valence-electron chi connectivity index (χ2n) is 6.13. The molecule has 3 rings (SSSR count). The zero-order chi connectivity index (χ0) is 13.4. The Morgan fingerprint density at radius 3 is 2.95 bits per heavy atom. The lowest BCUT2D eigenvalue weighted by Crippen LogP contribution is -2.31. The zero-order valence-electron chi connectivity index (χ0n) is 11.5. The third-order valence-corrected chi connectivity index (χ3v) is 4.94. The van der Waals surface area contributed by atoms with E-state index in [-0.39, 0.29) is 5.97 Å². The quantitative estimate of drug-likeness (QED) is 0.331. The number of esters is 1. The van der Waals surface area contributed by atoms with Gasteiger partial charge in [0.05, 0.1) is 12.7 Å². The molecular formula is C16H22O3. The Hall–Kier alpha value is -1.09. The molecular weight excluding hydrogens is 240 g/mol. The van der Waals surface area contributed by atoms with Gasteiger partial charge in [0.25, 0.3) is 0 Å². The van der Waals surface area contributed by atoms with Crippen LogP contribution in [0.1, 0.15) is 26.2 Å². The fourth-order valence-corrected chi connectivity index (χ4v) is 4.14. The van der Waals surface area contributed by atoms with Crippen LogP contribution in [0.3, 0.4) is 0 Å². The van der Waals surface area contributed by atoms with Crippen molar-refractivity contribution < 1.29 is 14.3 Å². The summed E-state index contributed by atoms with van der Waals surface area (Å²) in [7, 11) is 0. The molecule has 2 saturated carbocycles. The van der Waals surface area contributed by atoms with Crippen LogP contribution in [-0.2, 0) is 14.3 Å². The summed E-state index contributed by atoms with van der Waals surface area (Å²) in [6.45, 7) is 6.07. The number of carbonyl (C=O) groups excluding carboxylic acids is 1. The Labute approximate surface area is 114 Å². The van der Waals surface area contributed by atoms with Crippen LogP contribution in [0.2, 0.25) is 0 Å². The summed E-state index contributed by atoms with van der Waals surface area (Å²) in [5, 5.41) is 0. The molecule has 0 aliphatic heterocycles. The minimum atomic E-state index is -0.323. The molecule has 19 heavy (non-hydrogen) atoms. The molecule has 0 saturated heterocycles. The Morgan fingerprint density at radius 1 is 1.32 bits per heavy atom. The second kappa shape index (κ2) is 5.12. The molecule has 3 aliphatic carbocycles. The summed E-state index contributed by atoms with van der Waals surface area (Å²) in [6, 6.07) is 0. The van der Waals surface area contributed by atoms with Crippen LogP contribution < -0.4 is 0 Å². The summed E-state index contributed by atoms with van der Waals surface area (Å²) in [4.78, 5) is 11.2. The van der Waals surface area contributed by atoms with Gasteiger partial charge in [-0.1, -0.05) is 18.7 Å². The van der Waals surface area contributed by atoms with Gasteiger partial charge in [0, 0.05) is 5.57 Å². The molecule has 0 aromatic rings. The Morgan fingerprint density at radius 2 is 2.16 bits per heavy atom. The minimum Gasteiger partial charge on any atom is -0.460 e. The first-order chi connectivity index (χ1) is 9.16. The summed E-state index contributed by atoms with van der Waals surface area (Å²) in [6.07, 6.45) is 8.89. The molecule has 3 heteroatoms. The number of hydrogen-bond acceptors (Lipinski definition) is 3. The highest BCUT2D eigenvalue weighted by atomic mass is 16.6. The van der Waals surface area contributed by atoms with E-state index in [2.05, 4.69) is 18.7 Å². The first-order valence-electron chi connectivity index (χ1n) is 7.27. The lowest BCUT2D eigenvalue weighted by atomic mass is 9.80. The molecule has 0 N–H and O–H groups in total. The van der Waals surface area contributed by atoms with Crippen LogP contribution in [-0.4, -0.2) is 25.3 Å². The summed E-state index contributed by atoms with van der Waals surface area (Å²) >= 11 is 0. The molecule has 0 aromatic heterocycles. The molecule has 3 aliphatic rings. The number of carbonyl (C=O) groups is 1. The predicted molar refractivity (Wildman–Crippen MR) is 72.5 cm³/mol. The van der Waals surface area contributed by atoms with Crippen molar-refractivity contribution in [2.45, 2.75) is 32.3 Å². The van der Waals surface area contributed by atoms with Gasteiger partial charge >= 0.3 is 5.97 Å². The average molecular weight is 262 g/mol. The SMILES string of the molecule is C=C(C)C(=O)OCCO[C@@H]1C[C@H]2C[C@@H]1[C@H]1CC=C[C@H]21. The molecule has 3 nitrogen and oxygen atoms in total. The predicted octanol–water partition coefficient (Wildman–Crippen LogP) is 2.72. The van der Waals surface area contributed by atoms with Crippen molar-refractivity contribution in [2.75, 3.05) is 13.2 Å². The third kappa shape index (κ3) is 2.36. The Balaban J connectivity index is 1.41. The van der Waals surface area contributed by atoms with Crippen molar-refractivity contribution in [3.63, 3.8) is 0 Å². The van der Waals surface area contributed by atoms with Gasteiger partial charge in [-0.05, 0) is 49.9 Å². The van der Waals surface area contributed by atoms with Crippen molar-refractivity contribution in [3.8, 4) is 0 Å². The summed E-state index contributed by atoms with van der Waals surface area (Å²) in [5.74, 6) is 2.88. The van der Waals surface area contributed by atoms with Crippen LogP contribution in [0.15, 0.2) is 24.3 Å². The van der Waals surface area contributed by atoms with Gasteiger partial charge in [-0.25, -0.2) is 4.79 Å². The van der Waals surface area contributed by atoms with Gasteiger partial charge in [0.1, 0.15) is 6.61 Å². The highest BCUT2D eigenvalue weighted by Gasteiger charge is 2.52. The van der Waals surface area contributed by atoms with Gasteiger partial charge < -0.3 is 9.47 Å². The van der Waals surface area contributed by atoms with Gasteiger partial charge in [-0.2, -0.15) is 0 Å². The monoisotopic (exact) mass is 262 g/mol. The van der Waals surface area contributed by atoms with Crippen molar-refractivity contribution >= 4 is 5.97 Å². The van der Waals surface area contributed by atoms with E-state index in [1.165, 1.54) is 19.3 Å². The van der Waals surface area contributed by atoms with E-state index in [9.17, 15) is 4.79 Å². The molecule has 0 spiro atoms. The molecule has 0 unspecified atom stereocenters. The Bertz CT molecular complexity index is 412. The van der Waals surface area contributed by atoms with E-state index in [4.69, 9.17) is 9.47 Å². The van der Waals surface area contributed by atoms with E-state index in [0.717, 1.165) is 23.7 Å². The maximum atomic E-state index is 11.2. The van der Waals surface area contributed by atoms with E-state index in [0.29, 0.717) is 24.9 Å². The van der Waals surface area contributed by atoms with Crippen LogP contribution in [0.25, 0.3) is 0 Å². The van der Waals surface area contributed by atoms with E-state index in [1.54, 1.807) is 6.92 Å². The largest absolute Gasteiger partial charge is 0.460 e. The molecule has 2 bridgehead atoms. The zero-order valence-corrected chi connectivity index (χ0v) is 11.5. The van der Waals surface area contributed by atoms with Crippen LogP contribution in [0, 0.1) is 23.7 Å². The lowest BCUT2D eigenvalue weighted by Gasteiger charge is -2.31. The fraction of sp³-hybridized carbons (Fsp3) is 0.688. The van der Waals surface area contributed by atoms with Gasteiger partial charge in [-0.3, -0.25) is 0 Å². The average Bonchev–Trinajstić information content (AvgIpc) is 3.05. The number of hydrogen-bond donors (Lipinski definition) is 0. The molecule has 0 aromatic carbocycles. The molecule has 0 radical (unpaired) electrons. The summed E-state index contributed by atoms with van der Waals surface area (Å²) in [5.41, 5.74) is 0.444. The first kappa shape index (κ1) is 12.9. The van der Waals surface area contributed by atoms with E-state index < -0.39 is 0 Å². The maximum Gasteiger partial charge on any atom is 0.333 e. The minimum absolute atomic E-state index is 0.323. The van der Waals surface area contributed by atoms with Crippen molar-refractivity contribution in [2.24, 2.45) is 23.7 Å². The van der Waals surface area contributed by atoms with Gasteiger partial charge in [0.2, 0.25) is 0 Å². The lowest BCUT2D eigenvalue weighted by molar-refractivity contribution is -0.141. The van der Waals surface area contributed by atoms with E-state index in [1.807, 2.05) is 0 Å².